The second kappa shape index (κ2) is 5.31. The summed E-state index contributed by atoms with van der Waals surface area (Å²) in [6, 6.07) is 3.51. The van der Waals surface area contributed by atoms with E-state index in [0.717, 1.165) is 0 Å². The van der Waals surface area contributed by atoms with Crippen molar-refractivity contribution < 1.29 is 14.6 Å². The number of hydrogen-bond donors (Lipinski definition) is 1. The van der Waals surface area contributed by atoms with Gasteiger partial charge in [-0.3, -0.25) is 9.67 Å². The minimum atomic E-state index is -1.00. The zero-order chi connectivity index (χ0) is 13.0. The number of hydrogen-bond acceptors (Lipinski definition) is 4. The number of aromatic carboxylic acids is 1. The molecule has 6 nitrogen and oxygen atoms in total. The molecule has 0 radical (unpaired) electrons. The van der Waals surface area contributed by atoms with Crippen LogP contribution in [0.3, 0.4) is 0 Å². The number of carboxylic acids is 1. The predicted molar refractivity (Wildman–Crippen MR) is 63.4 cm³/mol. The van der Waals surface area contributed by atoms with Crippen molar-refractivity contribution in [2.24, 2.45) is 0 Å². The van der Waals surface area contributed by atoms with Crippen molar-refractivity contribution in [1.82, 2.24) is 14.8 Å². The first kappa shape index (κ1) is 12.1. The maximum atomic E-state index is 11.1. The van der Waals surface area contributed by atoms with Gasteiger partial charge in [0.15, 0.2) is 5.69 Å². The normalized spacial score (nSPS) is 10.3. The van der Waals surface area contributed by atoms with E-state index < -0.39 is 5.97 Å². The topological polar surface area (TPSA) is 77.2 Å². The maximum Gasteiger partial charge on any atom is 0.354 e. The molecule has 0 bridgehead atoms. The summed E-state index contributed by atoms with van der Waals surface area (Å²) >= 11 is 0. The van der Waals surface area contributed by atoms with E-state index in [-0.39, 0.29) is 12.3 Å². The third kappa shape index (κ3) is 2.48. The molecular formula is C12H13N3O3. The third-order valence-electron chi connectivity index (χ3n) is 2.45. The Labute approximate surface area is 104 Å². The molecular weight excluding hydrogens is 234 g/mol. The van der Waals surface area contributed by atoms with Gasteiger partial charge in [-0.2, -0.15) is 5.10 Å². The Morgan fingerprint density at radius 1 is 1.50 bits per heavy atom. The van der Waals surface area contributed by atoms with Crippen LogP contribution in [0.2, 0.25) is 0 Å². The van der Waals surface area contributed by atoms with Crippen molar-refractivity contribution in [2.75, 3.05) is 0 Å². The van der Waals surface area contributed by atoms with Crippen LogP contribution in [-0.2, 0) is 13.2 Å². The second-order valence-electron chi connectivity index (χ2n) is 3.62. The van der Waals surface area contributed by atoms with Crippen LogP contribution in [-0.4, -0.2) is 25.8 Å². The van der Waals surface area contributed by atoms with Crippen molar-refractivity contribution in [2.45, 2.75) is 20.1 Å². The van der Waals surface area contributed by atoms with E-state index in [1.807, 2.05) is 6.92 Å². The summed E-state index contributed by atoms with van der Waals surface area (Å²) in [5.41, 5.74) is 0.717. The van der Waals surface area contributed by atoms with Crippen LogP contribution in [0, 0.1) is 0 Å². The lowest BCUT2D eigenvalue weighted by Crippen LogP contribution is -2.11. The molecule has 94 valence electrons. The van der Waals surface area contributed by atoms with Gasteiger partial charge in [-0.25, -0.2) is 4.79 Å². The van der Waals surface area contributed by atoms with E-state index in [1.165, 1.54) is 10.9 Å². The largest absolute Gasteiger partial charge is 0.487 e. The molecule has 2 aromatic heterocycles. The highest BCUT2D eigenvalue weighted by Crippen LogP contribution is 2.13. The molecule has 0 aliphatic heterocycles. The summed E-state index contributed by atoms with van der Waals surface area (Å²) in [7, 11) is 0. The predicted octanol–water partition coefficient (Wildman–Crippen LogP) is 1.58. The van der Waals surface area contributed by atoms with E-state index in [1.54, 1.807) is 24.5 Å². The average molecular weight is 247 g/mol. The van der Waals surface area contributed by atoms with Gasteiger partial charge in [-0.1, -0.05) is 0 Å². The quantitative estimate of drug-likeness (QED) is 0.867. The number of ether oxygens (including phenoxy) is 1. The Hall–Kier alpha value is -2.37. The number of carboxylic acid groups (broad SMARTS) is 1. The fraction of sp³-hybridized carbons (Fsp3) is 0.250. The Bertz CT molecular complexity index is 537. The summed E-state index contributed by atoms with van der Waals surface area (Å²) in [5, 5.41) is 13.1. The van der Waals surface area contributed by atoms with Gasteiger partial charge in [-0.05, 0) is 19.1 Å². The van der Waals surface area contributed by atoms with E-state index in [0.29, 0.717) is 17.9 Å². The molecule has 0 saturated heterocycles. The molecule has 6 heteroatoms. The molecule has 0 fully saturated rings. The highest BCUT2D eigenvalue weighted by atomic mass is 16.5. The molecule has 0 amide bonds. The highest BCUT2D eigenvalue weighted by molar-refractivity contribution is 5.87. The van der Waals surface area contributed by atoms with Gasteiger partial charge in [0.25, 0.3) is 0 Å². The molecule has 0 aliphatic carbocycles. The Kier molecular flexibility index (Phi) is 3.57. The van der Waals surface area contributed by atoms with Gasteiger partial charge < -0.3 is 9.84 Å². The van der Waals surface area contributed by atoms with Crippen LogP contribution in [0.1, 0.15) is 23.0 Å². The van der Waals surface area contributed by atoms with Crippen molar-refractivity contribution in [3.05, 3.63) is 42.0 Å². The van der Waals surface area contributed by atoms with E-state index in [2.05, 4.69) is 10.1 Å². The molecule has 0 spiro atoms. The molecule has 0 aromatic carbocycles. The van der Waals surface area contributed by atoms with E-state index in [9.17, 15) is 4.79 Å². The molecule has 0 aliphatic rings. The minimum Gasteiger partial charge on any atom is -0.487 e. The number of aromatic nitrogens is 3. The standard InChI is InChI=1S/C12H13N3O3/c1-2-15-11(12(16)17)9(6-14-15)8-18-10-4-3-5-13-7-10/h3-7H,2,8H2,1H3,(H,16,17). The fourth-order valence-corrected chi connectivity index (χ4v) is 1.61. The monoisotopic (exact) mass is 247 g/mol. The van der Waals surface area contributed by atoms with Gasteiger partial charge in [0.2, 0.25) is 0 Å². The zero-order valence-electron chi connectivity index (χ0n) is 9.91. The second-order valence-corrected chi connectivity index (χ2v) is 3.62. The number of carbonyl (C=O) groups is 1. The first-order chi connectivity index (χ1) is 8.72. The summed E-state index contributed by atoms with van der Waals surface area (Å²) < 4.78 is 6.90. The van der Waals surface area contributed by atoms with Crippen molar-refractivity contribution in [1.29, 1.82) is 0 Å². The lowest BCUT2D eigenvalue weighted by molar-refractivity contribution is 0.0680. The molecule has 2 heterocycles. The maximum absolute atomic E-state index is 11.1. The molecule has 0 saturated carbocycles. The van der Waals surface area contributed by atoms with Gasteiger partial charge in [-0.15, -0.1) is 0 Å². The first-order valence-corrected chi connectivity index (χ1v) is 5.53. The van der Waals surface area contributed by atoms with Gasteiger partial charge in [0.1, 0.15) is 12.4 Å². The SMILES string of the molecule is CCn1ncc(COc2cccnc2)c1C(=O)O. The lowest BCUT2D eigenvalue weighted by Gasteiger charge is -2.05. The summed E-state index contributed by atoms with van der Waals surface area (Å²) in [5.74, 6) is -0.405. The molecule has 0 atom stereocenters. The van der Waals surface area contributed by atoms with Gasteiger partial charge in [0.05, 0.1) is 12.4 Å². The number of rotatable bonds is 5. The molecule has 1 N–H and O–H groups in total. The van der Waals surface area contributed by atoms with Gasteiger partial charge in [0, 0.05) is 18.3 Å². The summed E-state index contributed by atoms with van der Waals surface area (Å²) in [4.78, 5) is 15.1. The van der Waals surface area contributed by atoms with Gasteiger partial charge >= 0.3 is 5.97 Å². The van der Waals surface area contributed by atoms with Crippen LogP contribution in [0.15, 0.2) is 30.7 Å². The van der Waals surface area contributed by atoms with Crippen molar-refractivity contribution >= 4 is 5.97 Å². The molecule has 0 unspecified atom stereocenters. The zero-order valence-corrected chi connectivity index (χ0v) is 9.91. The molecule has 2 rings (SSSR count). The Balaban J connectivity index is 2.15. The van der Waals surface area contributed by atoms with E-state index >= 15 is 0 Å². The fourth-order valence-electron chi connectivity index (χ4n) is 1.61. The van der Waals surface area contributed by atoms with E-state index in [4.69, 9.17) is 9.84 Å². The smallest absolute Gasteiger partial charge is 0.354 e. The highest BCUT2D eigenvalue weighted by Gasteiger charge is 2.17. The molecule has 18 heavy (non-hydrogen) atoms. The number of nitrogens with zero attached hydrogens (tertiary/aromatic N) is 3. The Morgan fingerprint density at radius 3 is 2.94 bits per heavy atom. The number of pyridine rings is 1. The van der Waals surface area contributed by atoms with Crippen molar-refractivity contribution in [3.63, 3.8) is 0 Å². The third-order valence-corrected chi connectivity index (χ3v) is 2.45. The van der Waals surface area contributed by atoms with Crippen LogP contribution in [0.25, 0.3) is 0 Å². The average Bonchev–Trinajstić information content (AvgIpc) is 2.80. The molecule has 2 aromatic rings. The Morgan fingerprint density at radius 2 is 2.33 bits per heavy atom. The minimum absolute atomic E-state index is 0.160. The van der Waals surface area contributed by atoms with Crippen LogP contribution in [0.4, 0.5) is 0 Å². The van der Waals surface area contributed by atoms with Crippen LogP contribution in [0.5, 0.6) is 5.75 Å². The van der Waals surface area contributed by atoms with Crippen molar-refractivity contribution in [3.8, 4) is 5.75 Å². The summed E-state index contributed by atoms with van der Waals surface area (Å²) in [6.45, 7) is 2.51. The first-order valence-electron chi connectivity index (χ1n) is 5.53. The number of aryl methyl sites for hydroxylation is 1. The lowest BCUT2D eigenvalue weighted by atomic mass is 10.2. The summed E-state index contributed by atoms with van der Waals surface area (Å²) in [6.07, 6.45) is 4.73. The van der Waals surface area contributed by atoms with Crippen LogP contribution >= 0.6 is 0 Å². The van der Waals surface area contributed by atoms with Crippen LogP contribution < -0.4 is 4.74 Å².